The highest BCUT2D eigenvalue weighted by molar-refractivity contribution is 6.05. The fourth-order valence-corrected chi connectivity index (χ4v) is 4.87. The van der Waals surface area contributed by atoms with Crippen LogP contribution in [0.1, 0.15) is 52.7 Å². The second-order valence-corrected chi connectivity index (χ2v) is 9.19. The largest absolute Gasteiger partial charge is 0.340 e. The third kappa shape index (κ3) is 5.24. The zero-order valence-corrected chi connectivity index (χ0v) is 19.3. The molecule has 0 atom stereocenters. The topological polar surface area (TPSA) is 52.6 Å². The standard InChI is InChI=1S/C26H31F2N3O2/c1-17-20(16-30-10-12-31(13-11-30)26(33)19-6-3-4-7-19)14-21(27)15-24(17)29-25(32)22-8-5-9-23(28)18(22)2/h5,8-9,14-15,19H,3-4,6-7,10-13,16H2,1-2H3,(H,29,32). The molecule has 2 aliphatic rings. The molecule has 0 unspecified atom stereocenters. The van der Waals surface area contributed by atoms with Crippen LogP contribution >= 0.6 is 0 Å². The number of hydrogen-bond donors (Lipinski definition) is 1. The Morgan fingerprint density at radius 1 is 1.00 bits per heavy atom. The third-order valence-electron chi connectivity index (χ3n) is 7.02. The first-order valence-corrected chi connectivity index (χ1v) is 11.7. The van der Waals surface area contributed by atoms with Crippen LogP contribution in [-0.4, -0.2) is 47.8 Å². The van der Waals surface area contributed by atoms with Gasteiger partial charge in [-0.3, -0.25) is 14.5 Å². The van der Waals surface area contributed by atoms with E-state index >= 15 is 0 Å². The van der Waals surface area contributed by atoms with E-state index in [4.69, 9.17) is 0 Å². The molecule has 1 saturated heterocycles. The van der Waals surface area contributed by atoms with E-state index in [2.05, 4.69) is 10.2 Å². The molecule has 1 aliphatic carbocycles. The number of anilines is 1. The van der Waals surface area contributed by atoms with Gasteiger partial charge in [-0.05, 0) is 67.6 Å². The van der Waals surface area contributed by atoms with Gasteiger partial charge in [-0.1, -0.05) is 18.9 Å². The number of carbonyl (C=O) groups is 2. The predicted molar refractivity (Wildman–Crippen MR) is 124 cm³/mol. The van der Waals surface area contributed by atoms with Crippen LogP contribution in [0.5, 0.6) is 0 Å². The Morgan fingerprint density at radius 3 is 2.39 bits per heavy atom. The lowest BCUT2D eigenvalue weighted by molar-refractivity contribution is -0.137. The minimum absolute atomic E-state index is 0.190. The first kappa shape index (κ1) is 23.4. The lowest BCUT2D eigenvalue weighted by atomic mass is 10.0. The van der Waals surface area contributed by atoms with Gasteiger partial charge in [0.2, 0.25) is 5.91 Å². The number of benzene rings is 2. The Hall–Kier alpha value is -2.80. The molecule has 2 fully saturated rings. The monoisotopic (exact) mass is 455 g/mol. The molecule has 0 aromatic heterocycles. The summed E-state index contributed by atoms with van der Waals surface area (Å²) in [6.45, 7) is 6.78. The molecule has 176 valence electrons. The van der Waals surface area contributed by atoms with Crippen molar-refractivity contribution < 1.29 is 18.4 Å². The van der Waals surface area contributed by atoms with Crippen LogP contribution in [0.2, 0.25) is 0 Å². The fourth-order valence-electron chi connectivity index (χ4n) is 4.87. The Bertz CT molecular complexity index is 1040. The normalized spacial score (nSPS) is 17.4. The van der Waals surface area contributed by atoms with Crippen molar-refractivity contribution in [3.05, 3.63) is 64.2 Å². The highest BCUT2D eigenvalue weighted by Gasteiger charge is 2.29. The predicted octanol–water partition coefficient (Wildman–Crippen LogP) is 4.67. The van der Waals surface area contributed by atoms with Gasteiger partial charge in [-0.2, -0.15) is 0 Å². The maximum Gasteiger partial charge on any atom is 0.256 e. The Balaban J connectivity index is 1.41. The van der Waals surface area contributed by atoms with E-state index in [0.717, 1.165) is 49.9 Å². The van der Waals surface area contributed by atoms with E-state index < -0.39 is 17.5 Å². The molecule has 5 nitrogen and oxygen atoms in total. The number of piperazine rings is 1. The Labute approximate surface area is 193 Å². The van der Waals surface area contributed by atoms with Crippen LogP contribution in [0.25, 0.3) is 0 Å². The summed E-state index contributed by atoms with van der Waals surface area (Å²) in [5, 5.41) is 2.75. The second kappa shape index (κ2) is 10.00. The fraction of sp³-hybridized carbons (Fsp3) is 0.462. The first-order chi connectivity index (χ1) is 15.8. The highest BCUT2D eigenvalue weighted by Crippen LogP contribution is 2.28. The summed E-state index contributed by atoms with van der Waals surface area (Å²) in [5.74, 6) is -0.880. The van der Waals surface area contributed by atoms with Crippen molar-refractivity contribution in [3.63, 3.8) is 0 Å². The molecule has 2 amide bonds. The van der Waals surface area contributed by atoms with Gasteiger partial charge in [-0.25, -0.2) is 8.78 Å². The van der Waals surface area contributed by atoms with Gasteiger partial charge in [0.25, 0.3) is 5.91 Å². The van der Waals surface area contributed by atoms with Crippen LogP contribution in [0.15, 0.2) is 30.3 Å². The van der Waals surface area contributed by atoms with Crippen molar-refractivity contribution in [1.82, 2.24) is 9.80 Å². The summed E-state index contributed by atoms with van der Waals surface area (Å²) < 4.78 is 28.3. The third-order valence-corrected chi connectivity index (χ3v) is 7.02. The molecule has 1 saturated carbocycles. The minimum Gasteiger partial charge on any atom is -0.340 e. The molecule has 2 aromatic rings. The van der Waals surface area contributed by atoms with Crippen LogP contribution in [0.3, 0.4) is 0 Å². The van der Waals surface area contributed by atoms with Crippen LogP contribution in [0.4, 0.5) is 14.5 Å². The van der Waals surface area contributed by atoms with E-state index in [1.807, 2.05) is 11.8 Å². The number of hydrogen-bond acceptors (Lipinski definition) is 3. The molecule has 1 heterocycles. The summed E-state index contributed by atoms with van der Waals surface area (Å²) in [6, 6.07) is 7.13. The van der Waals surface area contributed by atoms with Crippen molar-refractivity contribution in [2.24, 2.45) is 5.92 Å². The van der Waals surface area contributed by atoms with E-state index in [1.54, 1.807) is 13.0 Å². The van der Waals surface area contributed by atoms with E-state index in [9.17, 15) is 18.4 Å². The van der Waals surface area contributed by atoms with Gasteiger partial charge in [0.05, 0.1) is 0 Å². The van der Waals surface area contributed by atoms with Gasteiger partial charge < -0.3 is 10.2 Å². The van der Waals surface area contributed by atoms with Crippen LogP contribution in [0, 0.1) is 31.4 Å². The van der Waals surface area contributed by atoms with Crippen molar-refractivity contribution >= 4 is 17.5 Å². The summed E-state index contributed by atoms with van der Waals surface area (Å²) in [4.78, 5) is 29.6. The van der Waals surface area contributed by atoms with Crippen molar-refractivity contribution in [1.29, 1.82) is 0 Å². The molecule has 4 rings (SSSR count). The summed E-state index contributed by atoms with van der Waals surface area (Å²) in [5.41, 5.74) is 2.44. The van der Waals surface area contributed by atoms with Crippen molar-refractivity contribution in [2.75, 3.05) is 31.5 Å². The van der Waals surface area contributed by atoms with E-state index in [1.165, 1.54) is 24.3 Å². The van der Waals surface area contributed by atoms with Gasteiger partial charge in [0.1, 0.15) is 11.6 Å². The molecule has 33 heavy (non-hydrogen) atoms. The average Bonchev–Trinajstić information content (AvgIpc) is 3.34. The number of amides is 2. The average molecular weight is 456 g/mol. The summed E-state index contributed by atoms with van der Waals surface area (Å²) >= 11 is 0. The Morgan fingerprint density at radius 2 is 1.70 bits per heavy atom. The van der Waals surface area contributed by atoms with Crippen molar-refractivity contribution in [3.8, 4) is 0 Å². The number of carbonyl (C=O) groups excluding carboxylic acids is 2. The lowest BCUT2D eigenvalue weighted by Gasteiger charge is -2.36. The quantitative estimate of drug-likeness (QED) is 0.713. The van der Waals surface area contributed by atoms with Gasteiger partial charge in [0.15, 0.2) is 0 Å². The van der Waals surface area contributed by atoms with Crippen LogP contribution < -0.4 is 5.32 Å². The molecule has 0 radical (unpaired) electrons. The molecular formula is C26H31F2N3O2. The van der Waals surface area contributed by atoms with E-state index in [-0.39, 0.29) is 23.0 Å². The smallest absolute Gasteiger partial charge is 0.256 e. The first-order valence-electron chi connectivity index (χ1n) is 11.7. The molecule has 2 aromatic carbocycles. The molecule has 1 aliphatic heterocycles. The van der Waals surface area contributed by atoms with Crippen molar-refractivity contribution in [2.45, 2.75) is 46.1 Å². The maximum absolute atomic E-state index is 14.4. The molecular weight excluding hydrogens is 424 g/mol. The van der Waals surface area contributed by atoms with Gasteiger partial charge in [0, 0.05) is 49.9 Å². The zero-order valence-electron chi connectivity index (χ0n) is 19.3. The molecule has 7 heteroatoms. The lowest BCUT2D eigenvalue weighted by Crippen LogP contribution is -2.49. The zero-order chi connectivity index (χ0) is 23.5. The van der Waals surface area contributed by atoms with Gasteiger partial charge >= 0.3 is 0 Å². The maximum atomic E-state index is 14.4. The molecule has 1 N–H and O–H groups in total. The number of nitrogens with zero attached hydrogens (tertiary/aromatic N) is 2. The highest BCUT2D eigenvalue weighted by atomic mass is 19.1. The van der Waals surface area contributed by atoms with Gasteiger partial charge in [-0.15, -0.1) is 0 Å². The Kier molecular flexibility index (Phi) is 7.08. The molecule has 0 bridgehead atoms. The molecule has 0 spiro atoms. The second-order valence-electron chi connectivity index (χ2n) is 9.19. The van der Waals surface area contributed by atoms with E-state index in [0.29, 0.717) is 25.3 Å². The summed E-state index contributed by atoms with van der Waals surface area (Å²) in [7, 11) is 0. The SMILES string of the molecule is Cc1c(CN2CCN(C(=O)C3CCCC3)CC2)cc(F)cc1NC(=O)c1cccc(F)c1C. The van der Waals surface area contributed by atoms with Crippen LogP contribution in [-0.2, 0) is 11.3 Å². The summed E-state index contributed by atoms with van der Waals surface area (Å²) in [6.07, 6.45) is 4.30. The number of rotatable bonds is 5. The number of halogens is 2. The number of nitrogens with one attached hydrogen (secondary N) is 1. The minimum atomic E-state index is -0.467.